The quantitative estimate of drug-likeness (QED) is 0.441. The van der Waals surface area contributed by atoms with Crippen molar-refractivity contribution in [1.82, 2.24) is 0 Å². The molecule has 0 heterocycles. The summed E-state index contributed by atoms with van der Waals surface area (Å²) < 4.78 is 0. The average molecular weight is 341 g/mol. The lowest BCUT2D eigenvalue weighted by Crippen LogP contribution is -2.35. The van der Waals surface area contributed by atoms with Gasteiger partial charge in [0.25, 0.3) is 0 Å². The Morgan fingerprint density at radius 2 is 1.72 bits per heavy atom. The van der Waals surface area contributed by atoms with Crippen molar-refractivity contribution in [1.29, 1.82) is 0 Å². The van der Waals surface area contributed by atoms with Crippen LogP contribution in [0.3, 0.4) is 0 Å². The van der Waals surface area contributed by atoms with E-state index in [9.17, 15) is 0 Å². The Balaban J connectivity index is 1.59. The highest BCUT2D eigenvalue weighted by atomic mass is 14.8. The summed E-state index contributed by atoms with van der Waals surface area (Å²) in [6.07, 6.45) is 11.9. The van der Waals surface area contributed by atoms with Crippen molar-refractivity contribution in [2.24, 2.45) is 51.8 Å². The fourth-order valence-corrected chi connectivity index (χ4v) is 9.42. The topological polar surface area (TPSA) is 0 Å². The third-order valence-corrected chi connectivity index (χ3v) is 10.9. The molecule has 0 nitrogen and oxygen atoms in total. The molecule has 0 aromatic carbocycles. The Hall–Kier alpha value is -0.260. The van der Waals surface area contributed by atoms with Crippen molar-refractivity contribution in [3.8, 4) is 0 Å². The number of fused-ring (bicyclic) bond motifs is 3. The largest absolute Gasteiger partial charge is 0.0670 e. The first-order valence-electron chi connectivity index (χ1n) is 11.5. The van der Waals surface area contributed by atoms with Crippen LogP contribution < -0.4 is 0 Å². The zero-order chi connectivity index (χ0) is 17.8. The number of allylic oxidation sites excluding steroid dienone is 2. The van der Waals surface area contributed by atoms with Crippen LogP contribution in [0.5, 0.6) is 0 Å². The number of hydrogen-bond acceptors (Lipinski definition) is 0. The minimum absolute atomic E-state index is 0.593. The molecule has 3 fully saturated rings. The Labute approximate surface area is 156 Å². The van der Waals surface area contributed by atoms with Gasteiger partial charge in [-0.25, -0.2) is 0 Å². The van der Waals surface area contributed by atoms with Crippen molar-refractivity contribution < 1.29 is 0 Å². The van der Waals surface area contributed by atoms with Crippen molar-refractivity contribution in [2.45, 2.75) is 92.9 Å². The van der Waals surface area contributed by atoms with Gasteiger partial charge in [0, 0.05) is 0 Å². The molecule has 1 unspecified atom stereocenters. The minimum atomic E-state index is 0.593. The molecule has 1 spiro atoms. The van der Waals surface area contributed by atoms with E-state index in [1.165, 1.54) is 51.4 Å². The molecule has 8 atom stereocenters. The summed E-state index contributed by atoms with van der Waals surface area (Å²) in [7, 11) is 0. The van der Waals surface area contributed by atoms with Crippen LogP contribution in [0.4, 0.5) is 0 Å². The molecule has 0 aromatic heterocycles. The first kappa shape index (κ1) is 16.9. The molecule has 3 saturated carbocycles. The van der Waals surface area contributed by atoms with Crippen LogP contribution in [0, 0.1) is 51.8 Å². The lowest BCUT2D eigenvalue weighted by atomic mass is 9.60. The molecule has 140 valence electrons. The summed E-state index contributed by atoms with van der Waals surface area (Å²) in [5.74, 6) is 5.69. The van der Waals surface area contributed by atoms with Gasteiger partial charge in [0.05, 0.1) is 0 Å². The van der Waals surface area contributed by atoms with E-state index < -0.39 is 0 Å². The van der Waals surface area contributed by atoms with Gasteiger partial charge in [0.1, 0.15) is 0 Å². The normalized spacial score (nSPS) is 57.0. The third-order valence-electron chi connectivity index (χ3n) is 10.9. The summed E-state index contributed by atoms with van der Waals surface area (Å²) in [5, 5.41) is 0. The van der Waals surface area contributed by atoms with E-state index in [0.29, 0.717) is 16.2 Å². The van der Waals surface area contributed by atoms with Gasteiger partial charge < -0.3 is 0 Å². The van der Waals surface area contributed by atoms with Crippen LogP contribution in [0.1, 0.15) is 92.9 Å². The van der Waals surface area contributed by atoms with Crippen LogP contribution in [-0.4, -0.2) is 0 Å². The van der Waals surface area contributed by atoms with Crippen LogP contribution in [0.25, 0.3) is 0 Å². The van der Waals surface area contributed by atoms with Gasteiger partial charge >= 0.3 is 0 Å². The summed E-state index contributed by atoms with van der Waals surface area (Å²) in [6.45, 7) is 15.5. The molecule has 0 amide bonds. The molecule has 5 aliphatic carbocycles. The second-order valence-electron chi connectivity index (χ2n) is 11.8. The summed E-state index contributed by atoms with van der Waals surface area (Å²) in [6, 6.07) is 0. The molecule has 5 rings (SSSR count). The second-order valence-corrected chi connectivity index (χ2v) is 11.8. The molecule has 5 aliphatic rings. The SMILES string of the molecule is CC(C)[C@@H]1CC[C@@]2(C)CC3=C(CC12)[C@]1(C)[C@H]2CC[C@@H](C)[C@]21CC[C@H]3C. The van der Waals surface area contributed by atoms with E-state index in [1.807, 2.05) is 11.1 Å². The van der Waals surface area contributed by atoms with Gasteiger partial charge in [-0.3, -0.25) is 0 Å². The first-order valence-corrected chi connectivity index (χ1v) is 11.5. The predicted molar refractivity (Wildman–Crippen MR) is 106 cm³/mol. The van der Waals surface area contributed by atoms with Gasteiger partial charge in [-0.15, -0.1) is 0 Å². The van der Waals surface area contributed by atoms with Gasteiger partial charge in [0.15, 0.2) is 0 Å². The highest BCUT2D eigenvalue weighted by Crippen LogP contribution is 2.85. The zero-order valence-corrected chi connectivity index (χ0v) is 17.6. The fourth-order valence-electron chi connectivity index (χ4n) is 9.42. The molecule has 0 N–H and O–H groups in total. The Bertz CT molecular complexity index is 626. The maximum absolute atomic E-state index is 2.72. The second kappa shape index (κ2) is 4.96. The first-order chi connectivity index (χ1) is 11.8. The van der Waals surface area contributed by atoms with Gasteiger partial charge in [-0.1, -0.05) is 52.7 Å². The highest BCUT2D eigenvalue weighted by Gasteiger charge is 2.79. The van der Waals surface area contributed by atoms with Crippen molar-refractivity contribution in [3.05, 3.63) is 11.1 Å². The minimum Gasteiger partial charge on any atom is -0.0670 e. The van der Waals surface area contributed by atoms with Crippen molar-refractivity contribution >= 4 is 0 Å². The average Bonchev–Trinajstić information content (AvgIpc) is 2.80. The standard InChI is InChI=1S/C25H40/c1-15(2)18-10-11-23(5)14-19-16(3)9-12-25-17(4)7-8-22(25)24(25,6)21(19)13-20(18)23/h15-18,20,22H,7-14H2,1-6H3/t16-,17-,18+,20?,22-,23+,24-,25-/m1/s1. The fraction of sp³-hybridized carbons (Fsp3) is 0.920. The van der Waals surface area contributed by atoms with Gasteiger partial charge in [-0.2, -0.15) is 0 Å². The third kappa shape index (κ3) is 1.81. The Morgan fingerprint density at radius 1 is 0.960 bits per heavy atom. The molecule has 0 saturated heterocycles. The molecule has 0 aliphatic heterocycles. The Kier molecular flexibility index (Phi) is 3.35. The Morgan fingerprint density at radius 3 is 2.44 bits per heavy atom. The molecule has 0 radical (unpaired) electrons. The molecule has 25 heavy (non-hydrogen) atoms. The van der Waals surface area contributed by atoms with Crippen LogP contribution in [0.15, 0.2) is 11.1 Å². The summed E-state index contributed by atoms with van der Waals surface area (Å²) in [5.41, 5.74) is 5.90. The van der Waals surface area contributed by atoms with Crippen LogP contribution in [-0.2, 0) is 0 Å². The van der Waals surface area contributed by atoms with E-state index >= 15 is 0 Å². The lowest BCUT2D eigenvalue weighted by molar-refractivity contribution is 0.137. The monoisotopic (exact) mass is 340 g/mol. The van der Waals surface area contributed by atoms with Crippen molar-refractivity contribution in [2.75, 3.05) is 0 Å². The van der Waals surface area contributed by atoms with E-state index in [1.54, 1.807) is 0 Å². The van der Waals surface area contributed by atoms with E-state index in [0.717, 1.165) is 35.5 Å². The van der Waals surface area contributed by atoms with Crippen molar-refractivity contribution in [3.63, 3.8) is 0 Å². The molecule has 0 heteroatoms. The lowest BCUT2D eigenvalue weighted by Gasteiger charge is -2.45. The van der Waals surface area contributed by atoms with E-state index in [4.69, 9.17) is 0 Å². The maximum atomic E-state index is 2.72. The van der Waals surface area contributed by atoms with Gasteiger partial charge in [-0.05, 0) is 103 Å². The summed E-state index contributed by atoms with van der Waals surface area (Å²) >= 11 is 0. The smallest absolute Gasteiger partial charge is 0.00177 e. The maximum Gasteiger partial charge on any atom is -0.00177 e. The summed E-state index contributed by atoms with van der Waals surface area (Å²) in [4.78, 5) is 0. The molecule has 0 bridgehead atoms. The predicted octanol–water partition coefficient (Wildman–Crippen LogP) is 7.25. The molecular weight excluding hydrogens is 300 g/mol. The number of rotatable bonds is 1. The van der Waals surface area contributed by atoms with Crippen LogP contribution in [0.2, 0.25) is 0 Å². The zero-order valence-electron chi connectivity index (χ0n) is 17.6. The van der Waals surface area contributed by atoms with E-state index in [2.05, 4.69) is 41.5 Å². The molecule has 0 aromatic rings. The highest BCUT2D eigenvalue weighted by molar-refractivity contribution is 5.44. The van der Waals surface area contributed by atoms with Gasteiger partial charge in [0.2, 0.25) is 0 Å². The number of hydrogen-bond donors (Lipinski definition) is 0. The van der Waals surface area contributed by atoms with Crippen LogP contribution >= 0.6 is 0 Å². The van der Waals surface area contributed by atoms with E-state index in [-0.39, 0.29) is 0 Å². The molecular formula is C25H40.